The molecule has 31 heavy (non-hydrogen) atoms. The van der Waals surface area contributed by atoms with Crippen molar-refractivity contribution < 1.29 is 17.9 Å². The quantitative estimate of drug-likeness (QED) is 0.724. The summed E-state index contributed by atoms with van der Waals surface area (Å²) in [5.74, 6) is 0.127. The number of amides is 1. The summed E-state index contributed by atoms with van der Waals surface area (Å²) in [5, 5.41) is 11.2. The van der Waals surface area contributed by atoms with E-state index < -0.39 is 21.5 Å². The number of rotatable bonds is 4. The predicted molar refractivity (Wildman–Crippen MR) is 118 cm³/mol. The highest BCUT2D eigenvalue weighted by atomic mass is 35.5. The summed E-state index contributed by atoms with van der Waals surface area (Å²) in [4.78, 5) is 14.2. The lowest BCUT2D eigenvalue weighted by atomic mass is 10.1. The van der Waals surface area contributed by atoms with E-state index in [1.807, 2.05) is 20.8 Å². The van der Waals surface area contributed by atoms with Gasteiger partial charge >= 0.3 is 6.09 Å². The average molecular weight is 467 g/mol. The topological polar surface area (TPSA) is 101 Å². The lowest BCUT2D eigenvalue weighted by Crippen LogP contribution is -2.47. The first kappa shape index (κ1) is 23.3. The van der Waals surface area contributed by atoms with Gasteiger partial charge in [0, 0.05) is 24.7 Å². The third kappa shape index (κ3) is 5.46. The highest BCUT2D eigenvalue weighted by Crippen LogP contribution is 2.32. The van der Waals surface area contributed by atoms with Crippen LogP contribution in [0.25, 0.3) is 0 Å². The molecule has 1 atom stereocenters. The number of sulfone groups is 1. The van der Waals surface area contributed by atoms with Gasteiger partial charge in [-0.05, 0) is 52.7 Å². The van der Waals surface area contributed by atoms with Gasteiger partial charge in [0.05, 0.1) is 4.90 Å². The van der Waals surface area contributed by atoms with E-state index in [1.165, 1.54) is 12.1 Å². The molecule has 1 aromatic heterocycles. The van der Waals surface area contributed by atoms with Crippen LogP contribution in [0.3, 0.4) is 0 Å². The van der Waals surface area contributed by atoms with Crippen LogP contribution in [0.4, 0.5) is 10.6 Å². The van der Waals surface area contributed by atoms with Crippen LogP contribution in [-0.2, 0) is 14.6 Å². The Labute approximate surface area is 187 Å². The third-order valence-electron chi connectivity index (χ3n) is 4.84. The van der Waals surface area contributed by atoms with E-state index in [9.17, 15) is 13.2 Å². The minimum Gasteiger partial charge on any atom is -0.444 e. The van der Waals surface area contributed by atoms with E-state index in [0.29, 0.717) is 18.7 Å². The number of aromatic nitrogens is 2. The second-order valence-electron chi connectivity index (χ2n) is 8.52. The minimum absolute atomic E-state index is 0.00640. The molecule has 2 heterocycles. The highest BCUT2D eigenvalue weighted by Gasteiger charge is 2.31. The number of piperidine rings is 1. The molecule has 1 saturated heterocycles. The van der Waals surface area contributed by atoms with Crippen molar-refractivity contribution in [2.45, 2.75) is 62.0 Å². The Morgan fingerprint density at radius 1 is 1.23 bits per heavy atom. The van der Waals surface area contributed by atoms with E-state index in [0.717, 1.165) is 12.8 Å². The Balaban J connectivity index is 1.89. The molecule has 0 aliphatic carbocycles. The number of hydrogen-bond acceptors (Lipinski definition) is 7. The van der Waals surface area contributed by atoms with Gasteiger partial charge in [-0.25, -0.2) is 13.2 Å². The van der Waals surface area contributed by atoms with Crippen molar-refractivity contribution in [1.29, 1.82) is 0 Å². The first-order chi connectivity index (χ1) is 14.5. The summed E-state index contributed by atoms with van der Waals surface area (Å²) in [6.45, 7) is 7.99. The first-order valence-corrected chi connectivity index (χ1v) is 11.9. The van der Waals surface area contributed by atoms with Gasteiger partial charge in [0.2, 0.25) is 9.84 Å². The largest absolute Gasteiger partial charge is 0.444 e. The van der Waals surface area contributed by atoms with Crippen LogP contribution in [0.15, 0.2) is 40.1 Å². The number of nitrogens with one attached hydrogen (secondary N) is 1. The smallest absolute Gasteiger partial charge is 0.410 e. The van der Waals surface area contributed by atoms with Crippen molar-refractivity contribution in [3.63, 3.8) is 0 Å². The molecule has 8 nitrogen and oxygen atoms in total. The standard InChI is InChI=1S/C21H27ClN4O4S/c1-14-17(31(28,29)16-10-6-5-7-11-16)19(25-24-18(14)22)23-15-9-8-12-26(13-15)20(27)30-21(2,3)4/h5-7,10-11,15H,8-9,12-13H2,1-4H3,(H,23,25)/t15-/m1/s1. The molecule has 1 aromatic carbocycles. The normalized spacial score (nSPS) is 17.3. The number of nitrogens with zero attached hydrogens (tertiary/aromatic N) is 3. The maximum absolute atomic E-state index is 13.3. The van der Waals surface area contributed by atoms with Crippen LogP contribution in [-0.4, -0.2) is 54.3 Å². The first-order valence-electron chi connectivity index (χ1n) is 10.1. The molecule has 2 aromatic rings. The van der Waals surface area contributed by atoms with Crippen LogP contribution >= 0.6 is 11.6 Å². The van der Waals surface area contributed by atoms with E-state index in [1.54, 1.807) is 30.0 Å². The fourth-order valence-electron chi connectivity index (χ4n) is 3.41. The number of carbonyl (C=O) groups excluding carboxylic acids is 1. The summed E-state index contributed by atoms with van der Waals surface area (Å²) in [5.41, 5.74) is -0.268. The van der Waals surface area contributed by atoms with Gasteiger partial charge in [0.1, 0.15) is 10.5 Å². The lowest BCUT2D eigenvalue weighted by molar-refractivity contribution is 0.0206. The van der Waals surface area contributed by atoms with Crippen LogP contribution in [0, 0.1) is 6.92 Å². The molecule has 1 aliphatic rings. The zero-order valence-corrected chi connectivity index (χ0v) is 19.6. The minimum atomic E-state index is -3.88. The van der Waals surface area contributed by atoms with Gasteiger partial charge in [-0.15, -0.1) is 10.2 Å². The highest BCUT2D eigenvalue weighted by molar-refractivity contribution is 7.91. The maximum atomic E-state index is 13.3. The van der Waals surface area contributed by atoms with Crippen molar-refractivity contribution >= 4 is 33.3 Å². The van der Waals surface area contributed by atoms with Crippen molar-refractivity contribution in [2.24, 2.45) is 0 Å². The van der Waals surface area contributed by atoms with Crippen LogP contribution in [0.2, 0.25) is 5.15 Å². The molecule has 10 heteroatoms. The number of benzene rings is 1. The molecule has 1 amide bonds. The Morgan fingerprint density at radius 2 is 1.90 bits per heavy atom. The number of halogens is 1. The number of ether oxygens (including phenoxy) is 1. The maximum Gasteiger partial charge on any atom is 0.410 e. The summed E-state index contributed by atoms with van der Waals surface area (Å²) in [6.07, 6.45) is 1.10. The average Bonchev–Trinajstić information content (AvgIpc) is 2.70. The zero-order valence-electron chi connectivity index (χ0n) is 18.1. The molecule has 0 spiro atoms. The van der Waals surface area contributed by atoms with Gasteiger partial charge in [0.25, 0.3) is 0 Å². The van der Waals surface area contributed by atoms with E-state index in [4.69, 9.17) is 16.3 Å². The summed E-state index contributed by atoms with van der Waals surface area (Å²) < 4.78 is 32.2. The fraction of sp³-hybridized carbons (Fsp3) is 0.476. The molecule has 0 saturated carbocycles. The van der Waals surface area contributed by atoms with Crippen molar-refractivity contribution in [1.82, 2.24) is 15.1 Å². The number of likely N-dealkylation sites (tertiary alicyclic amines) is 1. The Morgan fingerprint density at radius 3 is 2.55 bits per heavy atom. The Kier molecular flexibility index (Phi) is 6.76. The Bertz CT molecular complexity index is 1060. The molecule has 0 radical (unpaired) electrons. The molecule has 1 aliphatic heterocycles. The van der Waals surface area contributed by atoms with Crippen LogP contribution in [0.1, 0.15) is 39.2 Å². The van der Waals surface area contributed by atoms with Crippen LogP contribution < -0.4 is 5.32 Å². The van der Waals surface area contributed by atoms with Gasteiger partial charge in [0.15, 0.2) is 11.0 Å². The van der Waals surface area contributed by atoms with Gasteiger partial charge < -0.3 is 15.0 Å². The SMILES string of the molecule is Cc1c(Cl)nnc(N[C@@H]2CCCN(C(=O)OC(C)(C)C)C2)c1S(=O)(=O)c1ccccc1. The van der Waals surface area contributed by atoms with E-state index >= 15 is 0 Å². The number of carbonyl (C=O) groups is 1. The summed E-state index contributed by atoms with van der Waals surface area (Å²) in [7, 11) is -3.88. The molecule has 0 unspecified atom stereocenters. The lowest BCUT2D eigenvalue weighted by Gasteiger charge is -2.34. The van der Waals surface area contributed by atoms with Crippen LogP contribution in [0.5, 0.6) is 0 Å². The molecule has 1 fully saturated rings. The van der Waals surface area contributed by atoms with Crippen molar-refractivity contribution in [2.75, 3.05) is 18.4 Å². The molecular formula is C21H27ClN4O4S. The van der Waals surface area contributed by atoms with Gasteiger partial charge in [-0.3, -0.25) is 0 Å². The number of hydrogen-bond donors (Lipinski definition) is 1. The predicted octanol–water partition coefficient (Wildman–Crippen LogP) is 4.08. The second kappa shape index (κ2) is 9.00. The van der Waals surface area contributed by atoms with E-state index in [-0.39, 0.29) is 26.8 Å². The Hall–Kier alpha value is -2.39. The zero-order chi connectivity index (χ0) is 22.8. The molecular weight excluding hydrogens is 440 g/mol. The number of anilines is 1. The van der Waals surface area contributed by atoms with Crippen molar-refractivity contribution in [3.05, 3.63) is 41.0 Å². The molecule has 0 bridgehead atoms. The van der Waals surface area contributed by atoms with E-state index in [2.05, 4.69) is 15.5 Å². The van der Waals surface area contributed by atoms with Crippen molar-refractivity contribution in [3.8, 4) is 0 Å². The summed E-state index contributed by atoms with van der Waals surface area (Å²) in [6, 6.07) is 7.91. The monoisotopic (exact) mass is 466 g/mol. The fourth-order valence-corrected chi connectivity index (χ4v) is 5.20. The third-order valence-corrected chi connectivity index (χ3v) is 7.13. The van der Waals surface area contributed by atoms with Gasteiger partial charge in [-0.2, -0.15) is 0 Å². The molecule has 1 N–H and O–H groups in total. The molecule has 168 valence electrons. The second-order valence-corrected chi connectivity index (χ2v) is 10.8. The van der Waals surface area contributed by atoms with Gasteiger partial charge in [-0.1, -0.05) is 29.8 Å². The molecule has 3 rings (SSSR count). The summed E-state index contributed by atoms with van der Waals surface area (Å²) >= 11 is 6.11.